The van der Waals surface area contributed by atoms with E-state index in [4.69, 9.17) is 10.1 Å². The second-order valence-electron chi connectivity index (χ2n) is 6.66. The molecular weight excluding hydrogens is 417 g/mol. The predicted octanol–water partition coefficient (Wildman–Crippen LogP) is 1.20. The third kappa shape index (κ3) is 9.39. The van der Waals surface area contributed by atoms with Gasteiger partial charge in [-0.1, -0.05) is 13.3 Å². The molecule has 0 aromatic heterocycles. The van der Waals surface area contributed by atoms with Gasteiger partial charge in [0.1, 0.15) is 0 Å². The molecule has 1 aliphatic heterocycles. The van der Waals surface area contributed by atoms with E-state index >= 15 is 0 Å². The lowest BCUT2D eigenvalue weighted by molar-refractivity contribution is 0.116. The Morgan fingerprint density at radius 2 is 1.96 bits per heavy atom. The number of guanidine groups is 1. The summed E-state index contributed by atoms with van der Waals surface area (Å²) in [6.07, 6.45) is 3.11. The van der Waals surface area contributed by atoms with Crippen molar-refractivity contribution in [1.82, 2.24) is 20.4 Å². The normalized spacial score (nSPS) is 21.2. The Morgan fingerprint density at radius 3 is 2.58 bits per heavy atom. The number of likely N-dealkylation sites (N-methyl/N-ethyl adjacent to an activating group) is 2. The highest BCUT2D eigenvalue weighted by Crippen LogP contribution is 2.11. The molecule has 0 aromatic rings. The highest BCUT2D eigenvalue weighted by atomic mass is 127. The first-order valence-corrected chi connectivity index (χ1v) is 9.12. The topological polar surface area (TPSA) is 63.1 Å². The SMILES string of the molecule is CCCC(CCO)CN=C(NCC)NCC1CN(C)CCN1C.I. The predicted molar refractivity (Wildman–Crippen MR) is 113 cm³/mol. The van der Waals surface area contributed by atoms with Gasteiger partial charge in [0.25, 0.3) is 0 Å². The fourth-order valence-electron chi connectivity index (χ4n) is 3.02. The van der Waals surface area contributed by atoms with Crippen LogP contribution in [0.4, 0.5) is 0 Å². The van der Waals surface area contributed by atoms with Crippen molar-refractivity contribution in [2.75, 3.05) is 60.0 Å². The Balaban J connectivity index is 0.00000529. The van der Waals surface area contributed by atoms with Crippen LogP contribution in [-0.2, 0) is 0 Å². The third-order valence-electron chi connectivity index (χ3n) is 4.57. The number of nitrogens with zero attached hydrogens (tertiary/aromatic N) is 3. The summed E-state index contributed by atoms with van der Waals surface area (Å²) in [7, 11) is 4.38. The molecule has 1 rings (SSSR count). The Morgan fingerprint density at radius 1 is 1.21 bits per heavy atom. The number of aliphatic hydroxyl groups excluding tert-OH is 1. The van der Waals surface area contributed by atoms with Crippen LogP contribution >= 0.6 is 24.0 Å². The molecule has 2 atom stereocenters. The first kappa shape index (κ1) is 23.9. The van der Waals surface area contributed by atoms with E-state index in [1.165, 1.54) is 0 Å². The Bertz CT molecular complexity index is 337. The minimum Gasteiger partial charge on any atom is -0.396 e. The van der Waals surface area contributed by atoms with Gasteiger partial charge in [0.15, 0.2) is 5.96 Å². The molecule has 144 valence electrons. The number of aliphatic hydroxyl groups is 1. The highest BCUT2D eigenvalue weighted by molar-refractivity contribution is 14.0. The number of hydrogen-bond donors (Lipinski definition) is 3. The molecule has 1 saturated heterocycles. The van der Waals surface area contributed by atoms with Crippen LogP contribution in [0.3, 0.4) is 0 Å². The van der Waals surface area contributed by atoms with Gasteiger partial charge in [0.05, 0.1) is 0 Å². The van der Waals surface area contributed by atoms with Crippen molar-refractivity contribution < 1.29 is 5.11 Å². The van der Waals surface area contributed by atoms with Gasteiger partial charge < -0.3 is 20.6 Å². The molecule has 2 unspecified atom stereocenters. The van der Waals surface area contributed by atoms with Gasteiger partial charge in [-0.25, -0.2) is 0 Å². The van der Waals surface area contributed by atoms with Gasteiger partial charge in [0.2, 0.25) is 0 Å². The monoisotopic (exact) mass is 455 g/mol. The number of hydrogen-bond acceptors (Lipinski definition) is 4. The zero-order valence-electron chi connectivity index (χ0n) is 15.9. The van der Waals surface area contributed by atoms with E-state index in [1.54, 1.807) is 0 Å². The molecule has 3 N–H and O–H groups in total. The van der Waals surface area contributed by atoms with Gasteiger partial charge in [-0.15, -0.1) is 24.0 Å². The molecular formula is C17H38IN5O. The molecule has 0 saturated carbocycles. The van der Waals surface area contributed by atoms with Crippen molar-refractivity contribution in [2.24, 2.45) is 10.9 Å². The molecule has 0 bridgehead atoms. The third-order valence-corrected chi connectivity index (χ3v) is 4.57. The largest absolute Gasteiger partial charge is 0.396 e. The first-order chi connectivity index (χ1) is 11.1. The molecule has 24 heavy (non-hydrogen) atoms. The van der Waals surface area contributed by atoms with Crippen LogP contribution in [0.15, 0.2) is 4.99 Å². The smallest absolute Gasteiger partial charge is 0.191 e. The van der Waals surface area contributed by atoms with Gasteiger partial charge in [-0.2, -0.15) is 0 Å². The van der Waals surface area contributed by atoms with Gasteiger partial charge in [0, 0.05) is 51.9 Å². The van der Waals surface area contributed by atoms with Crippen molar-refractivity contribution in [3.8, 4) is 0 Å². The number of aliphatic imine (C=N–C) groups is 1. The summed E-state index contributed by atoms with van der Waals surface area (Å²) in [6.45, 7) is 10.4. The Labute approximate surface area is 165 Å². The summed E-state index contributed by atoms with van der Waals surface area (Å²) in [4.78, 5) is 9.53. The van der Waals surface area contributed by atoms with Crippen LogP contribution in [0.5, 0.6) is 0 Å². The summed E-state index contributed by atoms with van der Waals surface area (Å²) >= 11 is 0. The lowest BCUT2D eigenvalue weighted by Gasteiger charge is -2.38. The molecule has 1 heterocycles. The molecule has 6 nitrogen and oxygen atoms in total. The van der Waals surface area contributed by atoms with E-state index in [-0.39, 0.29) is 30.6 Å². The minimum atomic E-state index is 0. The van der Waals surface area contributed by atoms with E-state index < -0.39 is 0 Å². The number of piperazine rings is 1. The molecule has 1 aliphatic rings. The zero-order valence-corrected chi connectivity index (χ0v) is 18.3. The fourth-order valence-corrected chi connectivity index (χ4v) is 3.02. The van der Waals surface area contributed by atoms with Crippen molar-refractivity contribution in [3.63, 3.8) is 0 Å². The molecule has 1 fully saturated rings. The highest BCUT2D eigenvalue weighted by Gasteiger charge is 2.22. The second-order valence-corrected chi connectivity index (χ2v) is 6.66. The van der Waals surface area contributed by atoms with E-state index in [0.717, 1.165) is 64.5 Å². The molecule has 0 aromatic carbocycles. The van der Waals surface area contributed by atoms with E-state index in [0.29, 0.717) is 12.0 Å². The van der Waals surface area contributed by atoms with E-state index in [9.17, 15) is 0 Å². The van der Waals surface area contributed by atoms with Gasteiger partial charge in [-0.05, 0) is 39.8 Å². The molecule has 0 amide bonds. The Hall–Kier alpha value is -0.120. The molecule has 7 heteroatoms. The van der Waals surface area contributed by atoms with Crippen molar-refractivity contribution in [1.29, 1.82) is 0 Å². The molecule has 0 spiro atoms. The fraction of sp³-hybridized carbons (Fsp3) is 0.941. The summed E-state index contributed by atoms with van der Waals surface area (Å²) in [5.41, 5.74) is 0. The van der Waals surface area contributed by atoms with Crippen LogP contribution in [-0.4, -0.2) is 86.9 Å². The standard InChI is InChI=1S/C17H37N5O.HI/c1-5-7-15(8-11-23)12-19-17(18-6-2)20-13-16-14-21(3)9-10-22(16)4;/h15-16,23H,5-14H2,1-4H3,(H2,18,19,20);1H. The van der Waals surface area contributed by atoms with Crippen LogP contribution in [0.2, 0.25) is 0 Å². The van der Waals surface area contributed by atoms with Crippen LogP contribution < -0.4 is 10.6 Å². The number of halogens is 1. The maximum Gasteiger partial charge on any atom is 0.191 e. The summed E-state index contributed by atoms with van der Waals surface area (Å²) in [5.74, 6) is 1.37. The maximum absolute atomic E-state index is 9.17. The van der Waals surface area contributed by atoms with Crippen LogP contribution in [0.25, 0.3) is 0 Å². The molecule has 0 aliphatic carbocycles. The minimum absolute atomic E-state index is 0. The summed E-state index contributed by atoms with van der Waals surface area (Å²) < 4.78 is 0. The van der Waals surface area contributed by atoms with Crippen LogP contribution in [0, 0.1) is 5.92 Å². The van der Waals surface area contributed by atoms with E-state index in [1.807, 2.05) is 0 Å². The lowest BCUT2D eigenvalue weighted by Crippen LogP contribution is -2.55. The zero-order chi connectivity index (χ0) is 17.1. The first-order valence-electron chi connectivity index (χ1n) is 9.12. The quantitative estimate of drug-likeness (QED) is 0.277. The number of nitrogens with one attached hydrogen (secondary N) is 2. The molecule has 0 radical (unpaired) electrons. The second kappa shape index (κ2) is 14.1. The number of rotatable bonds is 9. The average molecular weight is 455 g/mol. The summed E-state index contributed by atoms with van der Waals surface area (Å²) in [5, 5.41) is 16.0. The Kier molecular flexibility index (Phi) is 14.0. The average Bonchev–Trinajstić information content (AvgIpc) is 2.53. The van der Waals surface area contributed by atoms with Crippen molar-refractivity contribution >= 4 is 29.9 Å². The van der Waals surface area contributed by atoms with Crippen molar-refractivity contribution in [2.45, 2.75) is 39.2 Å². The van der Waals surface area contributed by atoms with E-state index in [2.05, 4.69) is 48.4 Å². The van der Waals surface area contributed by atoms with Gasteiger partial charge >= 0.3 is 0 Å². The maximum atomic E-state index is 9.17. The lowest BCUT2D eigenvalue weighted by atomic mass is 10.0. The van der Waals surface area contributed by atoms with Crippen LogP contribution in [0.1, 0.15) is 33.1 Å². The van der Waals surface area contributed by atoms with Crippen molar-refractivity contribution in [3.05, 3.63) is 0 Å². The summed E-state index contributed by atoms with van der Waals surface area (Å²) in [6, 6.07) is 0.515. The van der Waals surface area contributed by atoms with Gasteiger partial charge in [-0.3, -0.25) is 9.89 Å².